The lowest BCUT2D eigenvalue weighted by atomic mass is 9.96. The second-order valence-electron chi connectivity index (χ2n) is 7.49. The third-order valence-electron chi connectivity index (χ3n) is 5.33. The SMILES string of the molecule is Cc1cc(C)c(C(=O)N2CCCC(CNC(=O)C3CCCN3)C2)c(=O)[nH]1.Cl. The first-order valence-electron chi connectivity index (χ1n) is 9.46. The second-order valence-corrected chi connectivity index (χ2v) is 7.49. The van der Waals surface area contributed by atoms with Crippen molar-refractivity contribution >= 4 is 24.2 Å². The molecule has 0 radical (unpaired) electrons. The van der Waals surface area contributed by atoms with Crippen molar-refractivity contribution in [1.82, 2.24) is 20.5 Å². The van der Waals surface area contributed by atoms with Gasteiger partial charge in [0.15, 0.2) is 0 Å². The highest BCUT2D eigenvalue weighted by Gasteiger charge is 2.28. The molecule has 0 aliphatic carbocycles. The molecular formula is C19H29ClN4O3. The van der Waals surface area contributed by atoms with Crippen molar-refractivity contribution < 1.29 is 9.59 Å². The van der Waals surface area contributed by atoms with Crippen molar-refractivity contribution in [3.05, 3.63) is 33.2 Å². The molecular weight excluding hydrogens is 368 g/mol. The summed E-state index contributed by atoms with van der Waals surface area (Å²) < 4.78 is 0. The van der Waals surface area contributed by atoms with E-state index >= 15 is 0 Å². The van der Waals surface area contributed by atoms with E-state index in [9.17, 15) is 14.4 Å². The second kappa shape index (κ2) is 9.37. The Balaban J connectivity index is 0.00000261. The minimum Gasteiger partial charge on any atom is -0.354 e. The molecule has 2 aliphatic rings. The molecule has 2 amide bonds. The molecule has 0 aromatic carbocycles. The number of aromatic amines is 1. The van der Waals surface area contributed by atoms with Crippen LogP contribution in [0.25, 0.3) is 0 Å². The Morgan fingerprint density at radius 3 is 2.70 bits per heavy atom. The Hall–Kier alpha value is -1.86. The van der Waals surface area contributed by atoms with Crippen LogP contribution in [0.1, 0.15) is 47.3 Å². The number of carbonyl (C=O) groups excluding carboxylic acids is 2. The Morgan fingerprint density at radius 1 is 1.26 bits per heavy atom. The molecule has 3 rings (SSSR count). The Morgan fingerprint density at radius 2 is 2.04 bits per heavy atom. The molecule has 27 heavy (non-hydrogen) atoms. The molecule has 3 N–H and O–H groups in total. The molecule has 2 saturated heterocycles. The van der Waals surface area contributed by atoms with Crippen molar-refractivity contribution in [2.45, 2.75) is 45.6 Å². The maximum Gasteiger partial charge on any atom is 0.261 e. The smallest absolute Gasteiger partial charge is 0.261 e. The standard InChI is InChI=1S/C19H28N4O3.ClH/c1-12-9-13(2)22-18(25)16(12)19(26)23-8-4-5-14(11-23)10-21-17(24)15-6-3-7-20-15;/h9,14-15,20H,3-8,10-11H2,1-2H3,(H,21,24)(H,22,25);1H. The number of hydrogen-bond donors (Lipinski definition) is 3. The van der Waals surface area contributed by atoms with Gasteiger partial charge in [0.1, 0.15) is 5.56 Å². The first-order chi connectivity index (χ1) is 12.5. The van der Waals surface area contributed by atoms with Gasteiger partial charge in [-0.2, -0.15) is 0 Å². The van der Waals surface area contributed by atoms with Gasteiger partial charge in [-0.05, 0) is 63.6 Å². The molecule has 8 heteroatoms. The molecule has 7 nitrogen and oxygen atoms in total. The molecule has 0 bridgehead atoms. The maximum absolute atomic E-state index is 12.9. The van der Waals surface area contributed by atoms with Gasteiger partial charge in [0.05, 0.1) is 6.04 Å². The summed E-state index contributed by atoms with van der Waals surface area (Å²) in [5.41, 5.74) is 1.37. The normalized spacial score (nSPS) is 22.2. The molecule has 1 aromatic rings. The van der Waals surface area contributed by atoms with Crippen LogP contribution in [0, 0.1) is 19.8 Å². The van der Waals surface area contributed by atoms with E-state index in [4.69, 9.17) is 0 Å². The summed E-state index contributed by atoms with van der Waals surface area (Å²) in [5.74, 6) is 0.0666. The van der Waals surface area contributed by atoms with Crippen LogP contribution < -0.4 is 16.2 Å². The molecule has 3 heterocycles. The Labute approximate surface area is 165 Å². The quantitative estimate of drug-likeness (QED) is 0.711. The van der Waals surface area contributed by atoms with Crippen LogP contribution in [0.2, 0.25) is 0 Å². The minimum atomic E-state index is -0.324. The predicted molar refractivity (Wildman–Crippen MR) is 106 cm³/mol. The van der Waals surface area contributed by atoms with Gasteiger partial charge >= 0.3 is 0 Å². The fourth-order valence-electron chi connectivity index (χ4n) is 3.97. The summed E-state index contributed by atoms with van der Waals surface area (Å²) in [5, 5.41) is 6.21. The Bertz CT molecular complexity index is 743. The fourth-order valence-corrected chi connectivity index (χ4v) is 3.97. The van der Waals surface area contributed by atoms with Gasteiger partial charge in [0.25, 0.3) is 11.5 Å². The molecule has 0 saturated carbocycles. The molecule has 2 unspecified atom stereocenters. The van der Waals surface area contributed by atoms with E-state index < -0.39 is 0 Å². The molecule has 2 fully saturated rings. The van der Waals surface area contributed by atoms with E-state index in [1.807, 2.05) is 13.0 Å². The number of likely N-dealkylation sites (tertiary alicyclic amines) is 1. The maximum atomic E-state index is 12.9. The van der Waals surface area contributed by atoms with Crippen LogP contribution in [-0.4, -0.2) is 53.9 Å². The van der Waals surface area contributed by atoms with Crippen LogP contribution in [0.4, 0.5) is 0 Å². The van der Waals surface area contributed by atoms with Crippen LogP contribution in [0.3, 0.4) is 0 Å². The van der Waals surface area contributed by atoms with Crippen molar-refractivity contribution in [2.75, 3.05) is 26.2 Å². The third kappa shape index (κ3) is 5.11. The van der Waals surface area contributed by atoms with Gasteiger partial charge in [-0.15, -0.1) is 12.4 Å². The van der Waals surface area contributed by atoms with Crippen molar-refractivity contribution in [3.8, 4) is 0 Å². The van der Waals surface area contributed by atoms with Crippen LogP contribution in [-0.2, 0) is 4.79 Å². The van der Waals surface area contributed by atoms with Gasteiger partial charge < -0.3 is 20.5 Å². The lowest BCUT2D eigenvalue weighted by Gasteiger charge is -2.33. The Kier molecular flexibility index (Phi) is 7.44. The zero-order chi connectivity index (χ0) is 18.7. The molecule has 1 aromatic heterocycles. The average molecular weight is 397 g/mol. The number of aryl methyl sites for hydroxylation is 2. The van der Waals surface area contributed by atoms with E-state index in [-0.39, 0.29) is 47.3 Å². The van der Waals surface area contributed by atoms with Gasteiger partial charge in [0.2, 0.25) is 5.91 Å². The topological polar surface area (TPSA) is 94.3 Å². The van der Waals surface area contributed by atoms with Crippen LogP contribution in [0.5, 0.6) is 0 Å². The number of hydrogen-bond acceptors (Lipinski definition) is 4. The van der Waals surface area contributed by atoms with Crippen molar-refractivity contribution in [3.63, 3.8) is 0 Å². The minimum absolute atomic E-state index is 0. The lowest BCUT2D eigenvalue weighted by molar-refractivity contribution is -0.123. The number of pyridine rings is 1. The van der Waals surface area contributed by atoms with Crippen molar-refractivity contribution in [1.29, 1.82) is 0 Å². The predicted octanol–water partition coefficient (Wildman–Crippen LogP) is 1.13. The fraction of sp³-hybridized carbons (Fsp3) is 0.632. The summed E-state index contributed by atoms with van der Waals surface area (Å²) in [7, 11) is 0. The number of nitrogens with zero attached hydrogens (tertiary/aromatic N) is 1. The number of piperidine rings is 1. The third-order valence-corrected chi connectivity index (χ3v) is 5.33. The number of amides is 2. The van der Waals surface area contributed by atoms with E-state index in [1.54, 1.807) is 11.8 Å². The van der Waals surface area contributed by atoms with Crippen molar-refractivity contribution in [2.24, 2.45) is 5.92 Å². The summed E-state index contributed by atoms with van der Waals surface area (Å²) in [4.78, 5) is 41.7. The number of H-pyrrole nitrogens is 1. The van der Waals surface area contributed by atoms with E-state index in [0.717, 1.165) is 37.9 Å². The number of carbonyl (C=O) groups is 2. The summed E-state index contributed by atoms with van der Waals surface area (Å²) in [6, 6.07) is 1.75. The number of rotatable bonds is 4. The van der Waals surface area contributed by atoms with Gasteiger partial charge in [-0.25, -0.2) is 0 Å². The number of nitrogens with one attached hydrogen (secondary N) is 3. The van der Waals surface area contributed by atoms with E-state index in [0.29, 0.717) is 25.2 Å². The van der Waals surface area contributed by atoms with E-state index in [2.05, 4.69) is 15.6 Å². The monoisotopic (exact) mass is 396 g/mol. The molecule has 2 atom stereocenters. The highest BCUT2D eigenvalue weighted by atomic mass is 35.5. The van der Waals surface area contributed by atoms with Gasteiger partial charge in [0, 0.05) is 25.3 Å². The number of aromatic nitrogens is 1. The lowest BCUT2D eigenvalue weighted by Crippen LogP contribution is -2.47. The zero-order valence-corrected chi connectivity index (χ0v) is 16.8. The molecule has 150 valence electrons. The van der Waals surface area contributed by atoms with Crippen LogP contribution >= 0.6 is 12.4 Å². The number of halogens is 1. The summed E-state index contributed by atoms with van der Waals surface area (Å²) in [6.45, 7) is 6.30. The van der Waals surface area contributed by atoms with Gasteiger partial charge in [-0.3, -0.25) is 14.4 Å². The largest absolute Gasteiger partial charge is 0.354 e. The van der Waals surface area contributed by atoms with Crippen LogP contribution in [0.15, 0.2) is 10.9 Å². The first kappa shape index (κ1) is 21.4. The first-order valence-corrected chi connectivity index (χ1v) is 9.46. The summed E-state index contributed by atoms with van der Waals surface area (Å²) >= 11 is 0. The highest BCUT2D eigenvalue weighted by Crippen LogP contribution is 2.18. The highest BCUT2D eigenvalue weighted by molar-refractivity contribution is 5.95. The molecule has 2 aliphatic heterocycles. The zero-order valence-electron chi connectivity index (χ0n) is 16.0. The summed E-state index contributed by atoms with van der Waals surface area (Å²) in [6.07, 6.45) is 3.78. The average Bonchev–Trinajstić information content (AvgIpc) is 3.13. The molecule has 0 spiro atoms. The van der Waals surface area contributed by atoms with Gasteiger partial charge in [-0.1, -0.05) is 0 Å². The van der Waals surface area contributed by atoms with E-state index in [1.165, 1.54) is 0 Å².